The molecule has 0 radical (unpaired) electrons. The molecule has 0 saturated heterocycles. The van der Waals surface area contributed by atoms with Gasteiger partial charge < -0.3 is 0 Å². The SMILES string of the molecule is CS(C)=Nc1ccc2cccnc2n1. The van der Waals surface area contributed by atoms with Crippen molar-refractivity contribution in [3.8, 4) is 0 Å². The van der Waals surface area contributed by atoms with Crippen molar-refractivity contribution in [3.63, 3.8) is 0 Å². The van der Waals surface area contributed by atoms with Crippen LogP contribution in [-0.2, 0) is 10.7 Å². The third kappa shape index (κ3) is 1.96. The maximum Gasteiger partial charge on any atom is 0.161 e. The Labute approximate surface area is 85.3 Å². The van der Waals surface area contributed by atoms with Crippen molar-refractivity contribution in [1.82, 2.24) is 9.97 Å². The van der Waals surface area contributed by atoms with Gasteiger partial charge in [-0.05, 0) is 36.8 Å². The van der Waals surface area contributed by atoms with Gasteiger partial charge >= 0.3 is 0 Å². The van der Waals surface area contributed by atoms with Crippen LogP contribution in [-0.4, -0.2) is 22.5 Å². The van der Waals surface area contributed by atoms with E-state index in [1.54, 1.807) is 6.20 Å². The van der Waals surface area contributed by atoms with Crippen molar-refractivity contribution in [2.24, 2.45) is 4.36 Å². The molecule has 14 heavy (non-hydrogen) atoms. The molecule has 0 unspecified atom stereocenters. The molecule has 0 saturated carbocycles. The van der Waals surface area contributed by atoms with Crippen LogP contribution >= 0.6 is 0 Å². The number of aromatic nitrogens is 2. The fraction of sp³-hybridized carbons (Fsp3) is 0.200. The zero-order valence-corrected chi connectivity index (χ0v) is 8.95. The van der Waals surface area contributed by atoms with Crippen LogP contribution in [0.1, 0.15) is 0 Å². The highest BCUT2D eigenvalue weighted by Crippen LogP contribution is 2.14. The molecule has 4 heteroatoms. The Kier molecular flexibility index (Phi) is 2.54. The summed E-state index contributed by atoms with van der Waals surface area (Å²) < 4.78 is 4.39. The molecule has 0 aliphatic rings. The summed E-state index contributed by atoms with van der Waals surface area (Å²) in [7, 11) is 0.0253. The summed E-state index contributed by atoms with van der Waals surface area (Å²) in [6.07, 6.45) is 5.87. The van der Waals surface area contributed by atoms with Gasteiger partial charge in [0, 0.05) is 11.6 Å². The summed E-state index contributed by atoms with van der Waals surface area (Å²) >= 11 is 0. The van der Waals surface area contributed by atoms with Crippen LogP contribution in [0, 0.1) is 0 Å². The summed E-state index contributed by atoms with van der Waals surface area (Å²) in [5.74, 6) is 0.768. The molecule has 0 atom stereocenters. The Hall–Kier alpha value is -1.29. The quantitative estimate of drug-likeness (QED) is 0.716. The number of rotatable bonds is 1. The minimum absolute atomic E-state index is 0.0253. The largest absolute Gasteiger partial charge is 0.237 e. The predicted molar refractivity (Wildman–Crippen MR) is 60.8 cm³/mol. The fourth-order valence-electron chi connectivity index (χ4n) is 1.18. The lowest BCUT2D eigenvalue weighted by molar-refractivity contribution is 1.27. The zero-order valence-electron chi connectivity index (χ0n) is 8.14. The van der Waals surface area contributed by atoms with Crippen LogP contribution in [0.25, 0.3) is 11.0 Å². The average Bonchev–Trinajstić information content (AvgIpc) is 2.17. The van der Waals surface area contributed by atoms with Crippen LogP contribution < -0.4 is 0 Å². The Bertz CT molecular complexity index is 489. The Morgan fingerprint density at radius 2 is 2.07 bits per heavy atom. The van der Waals surface area contributed by atoms with Gasteiger partial charge in [-0.3, -0.25) is 0 Å². The molecule has 3 nitrogen and oxygen atoms in total. The van der Waals surface area contributed by atoms with Gasteiger partial charge in [-0.25, -0.2) is 14.3 Å². The molecule has 0 aliphatic carbocycles. The van der Waals surface area contributed by atoms with Crippen LogP contribution in [0.3, 0.4) is 0 Å². The molecular weight excluding hydrogens is 194 g/mol. The van der Waals surface area contributed by atoms with E-state index >= 15 is 0 Å². The standard InChI is InChI=1S/C10H11N3S/c1-14(2)13-9-6-5-8-4-3-7-11-10(8)12-9/h3-7H,1-2H3. The van der Waals surface area contributed by atoms with E-state index in [1.807, 2.05) is 24.3 Å². The molecule has 2 aromatic rings. The topological polar surface area (TPSA) is 38.1 Å². The first-order valence-corrected chi connectivity index (χ1v) is 6.27. The van der Waals surface area contributed by atoms with Crippen molar-refractivity contribution >= 4 is 27.5 Å². The minimum Gasteiger partial charge on any atom is -0.237 e. The van der Waals surface area contributed by atoms with Gasteiger partial charge in [0.1, 0.15) is 0 Å². The van der Waals surface area contributed by atoms with Crippen LogP contribution in [0.5, 0.6) is 0 Å². The lowest BCUT2D eigenvalue weighted by Gasteiger charge is -1.97. The van der Waals surface area contributed by atoms with Crippen LogP contribution in [0.4, 0.5) is 5.82 Å². The van der Waals surface area contributed by atoms with Crippen molar-refractivity contribution in [3.05, 3.63) is 30.5 Å². The average molecular weight is 205 g/mol. The van der Waals surface area contributed by atoms with Gasteiger partial charge in [-0.1, -0.05) is 10.7 Å². The van der Waals surface area contributed by atoms with Gasteiger partial charge in [-0.15, -0.1) is 0 Å². The lowest BCUT2D eigenvalue weighted by Crippen LogP contribution is -1.84. The van der Waals surface area contributed by atoms with E-state index in [4.69, 9.17) is 0 Å². The van der Waals surface area contributed by atoms with E-state index in [0.29, 0.717) is 0 Å². The van der Waals surface area contributed by atoms with E-state index < -0.39 is 0 Å². The fourth-order valence-corrected chi connectivity index (χ4v) is 1.66. The molecule has 2 heterocycles. The van der Waals surface area contributed by atoms with E-state index in [9.17, 15) is 0 Å². The first-order chi connectivity index (χ1) is 6.75. The molecule has 0 aliphatic heterocycles. The molecular formula is C10H11N3S. The normalized spacial score (nSPS) is 10.8. The van der Waals surface area contributed by atoms with Gasteiger partial charge in [-0.2, -0.15) is 0 Å². The second-order valence-electron chi connectivity index (χ2n) is 3.08. The molecule has 0 N–H and O–H groups in total. The Morgan fingerprint density at radius 1 is 1.21 bits per heavy atom. The van der Waals surface area contributed by atoms with E-state index in [0.717, 1.165) is 16.9 Å². The Balaban J connectivity index is 2.57. The van der Waals surface area contributed by atoms with Gasteiger partial charge in [0.15, 0.2) is 11.5 Å². The molecule has 0 fully saturated rings. The van der Waals surface area contributed by atoms with E-state index in [1.165, 1.54) is 0 Å². The van der Waals surface area contributed by atoms with Crippen molar-refractivity contribution in [2.45, 2.75) is 0 Å². The van der Waals surface area contributed by atoms with Crippen molar-refractivity contribution in [2.75, 3.05) is 12.5 Å². The van der Waals surface area contributed by atoms with E-state index in [2.05, 4.69) is 26.8 Å². The summed E-state index contributed by atoms with van der Waals surface area (Å²) in [5, 5.41) is 1.05. The highest BCUT2D eigenvalue weighted by atomic mass is 32.2. The van der Waals surface area contributed by atoms with Crippen LogP contribution in [0.15, 0.2) is 34.8 Å². The molecule has 0 aromatic carbocycles. The molecule has 0 amide bonds. The third-order valence-electron chi connectivity index (χ3n) is 1.73. The number of nitrogens with zero attached hydrogens (tertiary/aromatic N) is 3. The summed E-state index contributed by atoms with van der Waals surface area (Å²) in [5.41, 5.74) is 0.763. The zero-order chi connectivity index (χ0) is 9.97. The number of hydrogen-bond acceptors (Lipinski definition) is 3. The maximum atomic E-state index is 4.39. The number of pyridine rings is 2. The second kappa shape index (κ2) is 3.84. The van der Waals surface area contributed by atoms with Crippen molar-refractivity contribution < 1.29 is 0 Å². The van der Waals surface area contributed by atoms with Gasteiger partial charge in [0.2, 0.25) is 0 Å². The monoisotopic (exact) mass is 205 g/mol. The van der Waals surface area contributed by atoms with Crippen molar-refractivity contribution in [1.29, 1.82) is 0 Å². The summed E-state index contributed by atoms with van der Waals surface area (Å²) in [6.45, 7) is 0. The molecule has 2 aromatic heterocycles. The molecule has 72 valence electrons. The summed E-state index contributed by atoms with van der Waals surface area (Å²) in [6, 6.07) is 7.83. The maximum absolute atomic E-state index is 4.39. The molecule has 0 spiro atoms. The molecule has 2 rings (SSSR count). The minimum atomic E-state index is 0.0253. The summed E-state index contributed by atoms with van der Waals surface area (Å²) in [4.78, 5) is 8.53. The number of fused-ring (bicyclic) bond motifs is 1. The van der Waals surface area contributed by atoms with Gasteiger partial charge in [0.25, 0.3) is 0 Å². The van der Waals surface area contributed by atoms with E-state index in [-0.39, 0.29) is 10.7 Å². The van der Waals surface area contributed by atoms with Crippen LogP contribution in [0.2, 0.25) is 0 Å². The highest BCUT2D eigenvalue weighted by molar-refractivity contribution is 7.85. The Morgan fingerprint density at radius 3 is 2.86 bits per heavy atom. The third-order valence-corrected chi connectivity index (χ3v) is 2.28. The van der Waals surface area contributed by atoms with Gasteiger partial charge in [0.05, 0.1) is 0 Å². The highest BCUT2D eigenvalue weighted by Gasteiger charge is 1.96. The second-order valence-corrected chi connectivity index (χ2v) is 4.81. The first kappa shape index (κ1) is 9.27. The first-order valence-electron chi connectivity index (χ1n) is 4.27. The predicted octanol–water partition coefficient (Wildman–Crippen LogP) is 2.32. The number of hydrogen-bond donors (Lipinski definition) is 0. The smallest absolute Gasteiger partial charge is 0.161 e. The lowest BCUT2D eigenvalue weighted by atomic mass is 10.3. The molecule has 0 bridgehead atoms.